The smallest absolute Gasteiger partial charge is 0.178 e. The summed E-state index contributed by atoms with van der Waals surface area (Å²) in [6.45, 7) is 4.58. The van der Waals surface area contributed by atoms with E-state index >= 15 is 0 Å². The van der Waals surface area contributed by atoms with E-state index in [0.717, 1.165) is 10.6 Å². The molecule has 2 N–H and O–H groups in total. The van der Waals surface area contributed by atoms with Gasteiger partial charge in [0.25, 0.3) is 0 Å². The van der Waals surface area contributed by atoms with Gasteiger partial charge in [-0.3, -0.25) is 4.98 Å². The van der Waals surface area contributed by atoms with Crippen molar-refractivity contribution in [3.05, 3.63) is 35.0 Å². The second-order valence-electron chi connectivity index (χ2n) is 4.97. The Balaban J connectivity index is 2.31. The maximum Gasteiger partial charge on any atom is 0.178 e. The van der Waals surface area contributed by atoms with Crippen molar-refractivity contribution >= 4 is 22.0 Å². The zero-order valence-corrected chi connectivity index (χ0v) is 13.1. The second kappa shape index (κ2) is 6.46. The number of nitrogens with two attached hydrogens (primary N) is 1. The highest BCUT2D eigenvalue weighted by atomic mass is 32.1. The molecule has 0 aromatic carbocycles. The van der Waals surface area contributed by atoms with Gasteiger partial charge in [0.05, 0.1) is 6.10 Å². The van der Waals surface area contributed by atoms with Gasteiger partial charge in [0.15, 0.2) is 5.75 Å². The van der Waals surface area contributed by atoms with E-state index in [1.54, 1.807) is 12.4 Å². The Morgan fingerprint density at radius 1 is 1.43 bits per heavy atom. The van der Waals surface area contributed by atoms with Gasteiger partial charge in [-0.15, -0.1) is 11.3 Å². The lowest BCUT2D eigenvalue weighted by Gasteiger charge is -2.20. The van der Waals surface area contributed by atoms with Crippen molar-refractivity contribution in [2.24, 2.45) is 0 Å². The van der Waals surface area contributed by atoms with Gasteiger partial charge in [0.1, 0.15) is 21.6 Å². The number of nitriles is 1. The molecule has 21 heavy (non-hydrogen) atoms. The molecular formula is C15H18N4OS. The van der Waals surface area contributed by atoms with Crippen molar-refractivity contribution in [1.82, 2.24) is 4.98 Å². The number of hydrogen-bond acceptors (Lipinski definition) is 6. The molecule has 0 fully saturated rings. The lowest BCUT2D eigenvalue weighted by molar-refractivity contribution is 0.245. The molecule has 2 aromatic heterocycles. The molecule has 0 unspecified atom stereocenters. The Morgan fingerprint density at radius 2 is 2.10 bits per heavy atom. The van der Waals surface area contributed by atoms with E-state index < -0.39 is 0 Å². The summed E-state index contributed by atoms with van der Waals surface area (Å²) in [5, 5.41) is 10.0. The monoisotopic (exact) mass is 302 g/mol. The predicted molar refractivity (Wildman–Crippen MR) is 85.6 cm³/mol. The Hall–Kier alpha value is -2.26. The minimum Gasteiger partial charge on any atom is -0.486 e. The third-order valence-electron chi connectivity index (χ3n) is 2.85. The summed E-state index contributed by atoms with van der Waals surface area (Å²) in [6, 6.07) is 6.04. The first-order chi connectivity index (χ1) is 10.0. The number of ether oxygens (including phenoxy) is 1. The number of rotatable bonds is 5. The lowest BCUT2D eigenvalue weighted by Crippen LogP contribution is -2.17. The number of hydrogen-bond donors (Lipinski definition) is 1. The van der Waals surface area contributed by atoms with Crippen LogP contribution in [0.5, 0.6) is 5.75 Å². The summed E-state index contributed by atoms with van der Waals surface area (Å²) < 4.78 is 5.80. The maximum absolute atomic E-state index is 9.16. The maximum atomic E-state index is 9.16. The standard InChI is InChI=1S/C15H18N4OS/c1-10(2)20-14-13(17)12(8-16)21-15(14)19(3)9-11-4-6-18-7-5-11/h4-7,10H,9,17H2,1-3H3. The van der Waals surface area contributed by atoms with Gasteiger partial charge >= 0.3 is 0 Å². The topological polar surface area (TPSA) is 75.2 Å². The molecule has 110 valence electrons. The third-order valence-corrected chi connectivity index (χ3v) is 4.06. The summed E-state index contributed by atoms with van der Waals surface area (Å²) in [5.41, 5.74) is 7.58. The fourth-order valence-corrected chi connectivity index (χ4v) is 2.85. The summed E-state index contributed by atoms with van der Waals surface area (Å²) >= 11 is 1.35. The molecular weight excluding hydrogens is 284 g/mol. The van der Waals surface area contributed by atoms with E-state index in [1.807, 2.05) is 37.9 Å². The van der Waals surface area contributed by atoms with Crippen LogP contribution in [0, 0.1) is 11.3 Å². The van der Waals surface area contributed by atoms with Crippen molar-refractivity contribution < 1.29 is 4.74 Å². The molecule has 0 aliphatic heterocycles. The molecule has 0 atom stereocenters. The fourth-order valence-electron chi connectivity index (χ4n) is 1.93. The molecule has 2 aromatic rings. The van der Waals surface area contributed by atoms with Crippen LogP contribution in [-0.2, 0) is 6.54 Å². The number of pyridine rings is 1. The highest BCUT2D eigenvalue weighted by molar-refractivity contribution is 7.17. The highest BCUT2D eigenvalue weighted by Gasteiger charge is 2.21. The van der Waals surface area contributed by atoms with E-state index in [9.17, 15) is 0 Å². The van der Waals surface area contributed by atoms with Crippen LogP contribution < -0.4 is 15.4 Å². The molecule has 2 heterocycles. The molecule has 2 rings (SSSR count). The van der Waals surface area contributed by atoms with Gasteiger partial charge in [-0.1, -0.05) is 0 Å². The molecule has 5 nitrogen and oxygen atoms in total. The molecule has 6 heteroatoms. The van der Waals surface area contributed by atoms with Gasteiger partial charge in [-0.05, 0) is 31.5 Å². The zero-order chi connectivity index (χ0) is 15.4. The normalized spacial score (nSPS) is 10.4. The van der Waals surface area contributed by atoms with Crippen LogP contribution in [0.25, 0.3) is 0 Å². The summed E-state index contributed by atoms with van der Waals surface area (Å²) in [7, 11) is 1.96. The van der Waals surface area contributed by atoms with Crippen LogP contribution in [0.3, 0.4) is 0 Å². The van der Waals surface area contributed by atoms with Crippen molar-refractivity contribution in [2.75, 3.05) is 17.7 Å². The van der Waals surface area contributed by atoms with E-state index in [4.69, 9.17) is 15.7 Å². The molecule has 0 saturated heterocycles. The van der Waals surface area contributed by atoms with Crippen LogP contribution >= 0.6 is 11.3 Å². The largest absolute Gasteiger partial charge is 0.486 e. The van der Waals surface area contributed by atoms with E-state index in [2.05, 4.69) is 11.1 Å². The van der Waals surface area contributed by atoms with Crippen molar-refractivity contribution in [3.63, 3.8) is 0 Å². The van der Waals surface area contributed by atoms with Gasteiger partial charge in [0, 0.05) is 26.0 Å². The first-order valence-corrected chi connectivity index (χ1v) is 7.43. The minimum atomic E-state index is 0.00141. The summed E-state index contributed by atoms with van der Waals surface area (Å²) in [5.74, 6) is 0.600. The Morgan fingerprint density at radius 3 is 2.67 bits per heavy atom. The van der Waals surface area contributed by atoms with Gasteiger partial charge < -0.3 is 15.4 Å². The molecule has 0 bridgehead atoms. The third kappa shape index (κ3) is 3.44. The van der Waals surface area contributed by atoms with Gasteiger partial charge in [-0.2, -0.15) is 5.26 Å². The number of nitrogens with zero attached hydrogens (tertiary/aromatic N) is 3. The molecule has 0 amide bonds. The SMILES string of the molecule is CC(C)Oc1c(N(C)Cc2ccncc2)sc(C#N)c1N. The number of thiophene rings is 1. The molecule has 0 radical (unpaired) electrons. The van der Waals surface area contributed by atoms with Crippen molar-refractivity contribution in [1.29, 1.82) is 5.26 Å². The summed E-state index contributed by atoms with van der Waals surface area (Å²) in [6.07, 6.45) is 3.53. The lowest BCUT2D eigenvalue weighted by atomic mass is 10.2. The first-order valence-electron chi connectivity index (χ1n) is 6.62. The second-order valence-corrected chi connectivity index (χ2v) is 5.97. The molecule has 0 aliphatic carbocycles. The first kappa shape index (κ1) is 15.1. The van der Waals surface area contributed by atoms with Gasteiger partial charge in [-0.25, -0.2) is 0 Å². The number of nitrogen functional groups attached to an aromatic ring is 1. The van der Waals surface area contributed by atoms with Crippen LogP contribution in [0.2, 0.25) is 0 Å². The fraction of sp³-hybridized carbons (Fsp3) is 0.333. The van der Waals surface area contributed by atoms with E-state index in [0.29, 0.717) is 22.9 Å². The average Bonchev–Trinajstić information content (AvgIpc) is 2.76. The summed E-state index contributed by atoms with van der Waals surface area (Å²) in [4.78, 5) is 6.53. The Kier molecular flexibility index (Phi) is 4.66. The van der Waals surface area contributed by atoms with Gasteiger partial charge in [0.2, 0.25) is 0 Å². The van der Waals surface area contributed by atoms with Crippen molar-refractivity contribution in [2.45, 2.75) is 26.5 Å². The van der Waals surface area contributed by atoms with Crippen LogP contribution in [0.4, 0.5) is 10.7 Å². The number of anilines is 2. The number of aromatic nitrogens is 1. The average molecular weight is 302 g/mol. The molecule has 0 spiro atoms. The zero-order valence-electron chi connectivity index (χ0n) is 12.3. The van der Waals surface area contributed by atoms with Crippen LogP contribution in [0.1, 0.15) is 24.3 Å². The molecule has 0 aliphatic rings. The van der Waals surface area contributed by atoms with E-state index in [1.165, 1.54) is 11.3 Å². The Labute approximate surface area is 128 Å². The highest BCUT2D eigenvalue weighted by Crippen LogP contribution is 2.45. The van der Waals surface area contributed by atoms with Crippen molar-refractivity contribution in [3.8, 4) is 11.8 Å². The quantitative estimate of drug-likeness (QED) is 0.919. The van der Waals surface area contributed by atoms with Crippen LogP contribution in [-0.4, -0.2) is 18.1 Å². The minimum absolute atomic E-state index is 0.00141. The van der Waals surface area contributed by atoms with E-state index in [-0.39, 0.29) is 6.10 Å². The Bertz CT molecular complexity index is 646. The van der Waals surface area contributed by atoms with Crippen LogP contribution in [0.15, 0.2) is 24.5 Å². The predicted octanol–water partition coefficient (Wildman–Crippen LogP) is 3.02. The molecule has 0 saturated carbocycles.